The van der Waals surface area contributed by atoms with Gasteiger partial charge in [-0.15, -0.1) is 0 Å². The van der Waals surface area contributed by atoms with Gasteiger partial charge in [-0.2, -0.15) is 5.10 Å². The number of pyridine rings is 1. The van der Waals surface area contributed by atoms with E-state index in [1.807, 2.05) is 13.0 Å². The zero-order valence-electron chi connectivity index (χ0n) is 11.4. The van der Waals surface area contributed by atoms with E-state index in [0.29, 0.717) is 5.02 Å². The third kappa shape index (κ3) is 4.04. The Morgan fingerprint density at radius 3 is 2.89 bits per heavy atom. The third-order valence-corrected chi connectivity index (χ3v) is 3.34. The average Bonchev–Trinajstić information content (AvgIpc) is 2.70. The Hall–Kier alpha value is -1.39. The Morgan fingerprint density at radius 1 is 1.37 bits per heavy atom. The van der Waals surface area contributed by atoms with Crippen LogP contribution in [0.4, 0.5) is 0 Å². The molecule has 0 amide bonds. The monoisotopic (exact) mass is 278 g/mol. The Bertz CT molecular complexity index is 536. The van der Waals surface area contributed by atoms with Crippen LogP contribution in [0, 0.1) is 13.8 Å². The van der Waals surface area contributed by atoms with Gasteiger partial charge in [-0.3, -0.25) is 9.67 Å². The maximum atomic E-state index is 6.04. The van der Waals surface area contributed by atoms with E-state index in [0.717, 1.165) is 37.3 Å². The molecule has 19 heavy (non-hydrogen) atoms. The normalized spacial score (nSPS) is 10.9. The molecule has 2 aromatic rings. The van der Waals surface area contributed by atoms with Crippen molar-refractivity contribution in [2.24, 2.45) is 0 Å². The molecule has 0 aliphatic carbocycles. The topological polar surface area (TPSA) is 42.7 Å². The van der Waals surface area contributed by atoms with Crippen LogP contribution in [0.1, 0.15) is 23.4 Å². The summed E-state index contributed by atoms with van der Waals surface area (Å²) in [5, 5.41) is 8.54. The molecule has 0 bridgehead atoms. The number of nitrogens with one attached hydrogen (secondary N) is 1. The molecular weight excluding hydrogens is 260 g/mol. The van der Waals surface area contributed by atoms with E-state index in [1.54, 1.807) is 12.4 Å². The number of nitrogens with zero attached hydrogens (tertiary/aromatic N) is 3. The van der Waals surface area contributed by atoms with Gasteiger partial charge in [-0.05, 0) is 44.5 Å². The van der Waals surface area contributed by atoms with Crippen molar-refractivity contribution in [1.82, 2.24) is 20.1 Å². The Morgan fingerprint density at radius 2 is 2.21 bits per heavy atom. The van der Waals surface area contributed by atoms with Crippen LogP contribution in [0.3, 0.4) is 0 Å². The molecule has 0 spiro atoms. The van der Waals surface area contributed by atoms with Crippen molar-refractivity contribution < 1.29 is 0 Å². The summed E-state index contributed by atoms with van der Waals surface area (Å²) in [6.07, 6.45) is 4.48. The van der Waals surface area contributed by atoms with E-state index in [9.17, 15) is 0 Å². The van der Waals surface area contributed by atoms with E-state index in [-0.39, 0.29) is 0 Å². The van der Waals surface area contributed by atoms with Crippen LogP contribution in [0.25, 0.3) is 0 Å². The lowest BCUT2D eigenvalue weighted by molar-refractivity contribution is 0.532. The second-order valence-corrected chi connectivity index (χ2v) is 5.05. The number of hydrogen-bond donors (Lipinski definition) is 1. The molecule has 0 fully saturated rings. The molecule has 102 valence electrons. The average molecular weight is 279 g/mol. The molecule has 0 unspecified atom stereocenters. The summed E-state index contributed by atoms with van der Waals surface area (Å²) in [7, 11) is 0. The highest BCUT2D eigenvalue weighted by atomic mass is 35.5. The highest BCUT2D eigenvalue weighted by Crippen LogP contribution is 2.12. The molecule has 0 saturated carbocycles. The van der Waals surface area contributed by atoms with Gasteiger partial charge in [0.15, 0.2) is 0 Å². The molecule has 0 atom stereocenters. The second kappa shape index (κ2) is 6.68. The second-order valence-electron chi connectivity index (χ2n) is 4.65. The van der Waals surface area contributed by atoms with Gasteiger partial charge >= 0.3 is 0 Å². The van der Waals surface area contributed by atoms with Gasteiger partial charge in [0.05, 0.1) is 10.7 Å². The SMILES string of the molecule is Cc1cc(C)n(CCCNCc2ccncc2Cl)n1. The fourth-order valence-electron chi connectivity index (χ4n) is 2.03. The van der Waals surface area contributed by atoms with E-state index in [2.05, 4.69) is 33.1 Å². The van der Waals surface area contributed by atoms with Crippen LogP contribution in [-0.2, 0) is 13.1 Å². The summed E-state index contributed by atoms with van der Waals surface area (Å²) in [5.74, 6) is 0. The minimum Gasteiger partial charge on any atom is -0.313 e. The van der Waals surface area contributed by atoms with Gasteiger partial charge in [0, 0.05) is 31.2 Å². The number of halogens is 1. The summed E-state index contributed by atoms with van der Waals surface area (Å²) in [6, 6.07) is 4.04. The standard InChI is InChI=1S/C14H19ClN4/c1-11-8-12(2)19(18-11)7-3-5-16-9-13-4-6-17-10-14(13)15/h4,6,8,10,16H,3,5,7,9H2,1-2H3. The lowest BCUT2D eigenvalue weighted by Crippen LogP contribution is -2.17. The van der Waals surface area contributed by atoms with Crippen molar-refractivity contribution in [3.05, 3.63) is 46.5 Å². The van der Waals surface area contributed by atoms with Gasteiger partial charge in [-0.1, -0.05) is 11.6 Å². The summed E-state index contributed by atoms with van der Waals surface area (Å²) in [5.41, 5.74) is 3.38. The van der Waals surface area contributed by atoms with Crippen LogP contribution in [0.15, 0.2) is 24.5 Å². The zero-order chi connectivity index (χ0) is 13.7. The largest absolute Gasteiger partial charge is 0.313 e. The molecule has 4 nitrogen and oxygen atoms in total. The number of aromatic nitrogens is 3. The van der Waals surface area contributed by atoms with Crippen LogP contribution in [-0.4, -0.2) is 21.3 Å². The Labute approximate surface area is 118 Å². The molecule has 0 aliphatic heterocycles. The summed E-state index contributed by atoms with van der Waals surface area (Å²) in [4.78, 5) is 3.97. The molecule has 0 aromatic carbocycles. The van der Waals surface area contributed by atoms with Crippen LogP contribution < -0.4 is 5.32 Å². The lowest BCUT2D eigenvalue weighted by atomic mass is 10.2. The molecule has 2 aromatic heterocycles. The quantitative estimate of drug-likeness (QED) is 0.826. The molecule has 2 rings (SSSR count). The van der Waals surface area contributed by atoms with Gasteiger partial charge in [0.1, 0.15) is 0 Å². The fraction of sp³-hybridized carbons (Fsp3) is 0.429. The van der Waals surface area contributed by atoms with E-state index in [1.165, 1.54) is 5.69 Å². The fourth-order valence-corrected chi connectivity index (χ4v) is 2.21. The first kappa shape index (κ1) is 14.0. The van der Waals surface area contributed by atoms with Gasteiger partial charge in [0.25, 0.3) is 0 Å². The first-order valence-corrected chi connectivity index (χ1v) is 6.85. The van der Waals surface area contributed by atoms with Crippen molar-refractivity contribution in [3.63, 3.8) is 0 Å². The first-order chi connectivity index (χ1) is 9.16. The maximum absolute atomic E-state index is 6.04. The van der Waals surface area contributed by atoms with Gasteiger partial charge in [0.2, 0.25) is 0 Å². The van der Waals surface area contributed by atoms with E-state index >= 15 is 0 Å². The van der Waals surface area contributed by atoms with Crippen molar-refractivity contribution in [2.75, 3.05) is 6.54 Å². The Kier molecular flexibility index (Phi) is 4.93. The van der Waals surface area contributed by atoms with Crippen molar-refractivity contribution in [3.8, 4) is 0 Å². The smallest absolute Gasteiger partial charge is 0.0634 e. The summed E-state index contributed by atoms with van der Waals surface area (Å²) >= 11 is 6.04. The third-order valence-electron chi connectivity index (χ3n) is 3.00. The highest BCUT2D eigenvalue weighted by molar-refractivity contribution is 6.31. The zero-order valence-corrected chi connectivity index (χ0v) is 12.1. The molecule has 1 N–H and O–H groups in total. The summed E-state index contributed by atoms with van der Waals surface area (Å²) in [6.45, 7) is 6.77. The van der Waals surface area contributed by atoms with Crippen LogP contribution in [0.2, 0.25) is 5.02 Å². The minimum absolute atomic E-state index is 0.716. The number of aryl methyl sites for hydroxylation is 3. The highest BCUT2D eigenvalue weighted by Gasteiger charge is 2.01. The molecule has 2 heterocycles. The Balaban J connectivity index is 1.70. The van der Waals surface area contributed by atoms with Gasteiger partial charge < -0.3 is 5.32 Å². The number of hydrogen-bond acceptors (Lipinski definition) is 3. The van der Waals surface area contributed by atoms with E-state index in [4.69, 9.17) is 11.6 Å². The van der Waals surface area contributed by atoms with Crippen molar-refractivity contribution >= 4 is 11.6 Å². The number of rotatable bonds is 6. The van der Waals surface area contributed by atoms with E-state index < -0.39 is 0 Å². The molecule has 5 heteroatoms. The first-order valence-electron chi connectivity index (χ1n) is 6.47. The predicted molar refractivity (Wildman–Crippen MR) is 77.3 cm³/mol. The predicted octanol–water partition coefficient (Wildman–Crippen LogP) is 2.73. The van der Waals surface area contributed by atoms with Gasteiger partial charge in [-0.25, -0.2) is 0 Å². The van der Waals surface area contributed by atoms with Crippen LogP contribution >= 0.6 is 11.6 Å². The summed E-state index contributed by atoms with van der Waals surface area (Å²) < 4.78 is 2.05. The molecular formula is C14H19ClN4. The van der Waals surface area contributed by atoms with Crippen LogP contribution in [0.5, 0.6) is 0 Å². The maximum Gasteiger partial charge on any atom is 0.0634 e. The minimum atomic E-state index is 0.716. The van der Waals surface area contributed by atoms with Crippen molar-refractivity contribution in [2.45, 2.75) is 33.4 Å². The molecule has 0 saturated heterocycles. The molecule has 0 radical (unpaired) electrons. The van der Waals surface area contributed by atoms with Crippen molar-refractivity contribution in [1.29, 1.82) is 0 Å². The molecule has 0 aliphatic rings. The lowest BCUT2D eigenvalue weighted by Gasteiger charge is -2.07.